The van der Waals surface area contributed by atoms with Crippen LogP contribution in [0.15, 0.2) is 41.7 Å². The third-order valence-electron chi connectivity index (χ3n) is 3.66. The average molecular weight is 365 g/mol. The maximum Gasteiger partial charge on any atom is 0.419 e. The number of nitrogens with one attached hydrogen (secondary N) is 1. The Balaban J connectivity index is 1.78. The van der Waals surface area contributed by atoms with Gasteiger partial charge in [-0.25, -0.2) is 9.98 Å². The molecule has 0 atom stereocenters. The van der Waals surface area contributed by atoms with Gasteiger partial charge in [-0.2, -0.15) is 13.2 Å². The number of nitrogens with two attached hydrogens (primary N) is 1. The Morgan fingerprint density at radius 1 is 1.24 bits per heavy atom. The molecule has 5 nitrogen and oxygen atoms in total. The highest BCUT2D eigenvalue weighted by molar-refractivity contribution is 7.80. The van der Waals surface area contributed by atoms with E-state index >= 15 is 0 Å². The van der Waals surface area contributed by atoms with Gasteiger partial charge in [-0.1, -0.05) is 0 Å². The molecule has 0 radical (unpaired) electrons. The summed E-state index contributed by atoms with van der Waals surface area (Å²) in [6.07, 6.45) is 0.554. The zero-order chi connectivity index (χ0) is 18.0. The SMILES string of the molecule is NC(=NC(=S)Nc1ncccc1C(F)(F)F)c1cc(C2CC2)ccn1. The van der Waals surface area contributed by atoms with Gasteiger partial charge in [-0.3, -0.25) is 4.98 Å². The van der Waals surface area contributed by atoms with Crippen LogP contribution < -0.4 is 11.1 Å². The molecule has 2 heterocycles. The van der Waals surface area contributed by atoms with Gasteiger partial charge in [0.25, 0.3) is 0 Å². The first-order valence-electron chi connectivity index (χ1n) is 7.48. The number of nitrogens with zero attached hydrogens (tertiary/aromatic N) is 3. The number of aliphatic imine (C=N–C) groups is 1. The van der Waals surface area contributed by atoms with Crippen molar-refractivity contribution in [3.63, 3.8) is 0 Å². The largest absolute Gasteiger partial charge is 0.419 e. The van der Waals surface area contributed by atoms with Crippen LogP contribution in [0.2, 0.25) is 0 Å². The minimum Gasteiger partial charge on any atom is -0.382 e. The molecule has 0 aromatic carbocycles. The van der Waals surface area contributed by atoms with Gasteiger partial charge >= 0.3 is 6.18 Å². The summed E-state index contributed by atoms with van der Waals surface area (Å²) in [4.78, 5) is 11.7. The van der Waals surface area contributed by atoms with Crippen LogP contribution in [0.5, 0.6) is 0 Å². The molecule has 0 spiro atoms. The van der Waals surface area contributed by atoms with Gasteiger partial charge in [0, 0.05) is 12.4 Å². The van der Waals surface area contributed by atoms with Crippen LogP contribution in [0.1, 0.15) is 35.6 Å². The Morgan fingerprint density at radius 3 is 2.68 bits per heavy atom. The summed E-state index contributed by atoms with van der Waals surface area (Å²) in [5, 5.41) is 2.15. The molecule has 0 amide bonds. The number of pyridine rings is 2. The van der Waals surface area contributed by atoms with E-state index in [0.29, 0.717) is 11.6 Å². The number of thiocarbonyl (C=S) groups is 1. The third kappa shape index (κ3) is 4.30. The second-order valence-electron chi connectivity index (χ2n) is 5.57. The van der Waals surface area contributed by atoms with Crippen molar-refractivity contribution in [2.24, 2.45) is 10.7 Å². The van der Waals surface area contributed by atoms with Crippen molar-refractivity contribution in [3.05, 3.63) is 53.5 Å². The lowest BCUT2D eigenvalue weighted by Crippen LogP contribution is -2.21. The summed E-state index contributed by atoms with van der Waals surface area (Å²) >= 11 is 4.98. The first-order chi connectivity index (χ1) is 11.8. The molecular weight excluding hydrogens is 351 g/mol. The van der Waals surface area contributed by atoms with Gasteiger partial charge < -0.3 is 11.1 Å². The molecule has 0 unspecified atom stereocenters. The van der Waals surface area contributed by atoms with Crippen LogP contribution in [-0.4, -0.2) is 20.9 Å². The minimum atomic E-state index is -4.55. The summed E-state index contributed by atoms with van der Waals surface area (Å²) in [6.45, 7) is 0. The lowest BCUT2D eigenvalue weighted by atomic mass is 10.1. The van der Waals surface area contributed by atoms with Crippen molar-refractivity contribution in [2.75, 3.05) is 5.32 Å². The van der Waals surface area contributed by atoms with E-state index in [2.05, 4.69) is 20.3 Å². The van der Waals surface area contributed by atoms with Crippen molar-refractivity contribution >= 4 is 29.0 Å². The van der Waals surface area contributed by atoms with Crippen LogP contribution in [0.25, 0.3) is 0 Å². The van der Waals surface area contributed by atoms with Crippen molar-refractivity contribution < 1.29 is 13.2 Å². The molecule has 2 aromatic rings. The van der Waals surface area contributed by atoms with E-state index in [1.54, 1.807) is 6.20 Å². The predicted octanol–water partition coefficient (Wildman–Crippen LogP) is 3.48. The lowest BCUT2D eigenvalue weighted by Gasteiger charge is -2.12. The molecule has 130 valence electrons. The minimum absolute atomic E-state index is 0.0319. The van der Waals surface area contributed by atoms with Crippen LogP contribution in [0.3, 0.4) is 0 Å². The monoisotopic (exact) mass is 365 g/mol. The zero-order valence-electron chi connectivity index (χ0n) is 12.9. The highest BCUT2D eigenvalue weighted by Gasteiger charge is 2.34. The number of alkyl halides is 3. The molecule has 2 aromatic heterocycles. The van der Waals surface area contributed by atoms with Gasteiger partial charge in [-0.05, 0) is 60.8 Å². The normalized spacial score (nSPS) is 15.1. The summed E-state index contributed by atoms with van der Waals surface area (Å²) in [5.41, 5.74) is 6.50. The standard InChI is InChI=1S/C16H14F3N5S/c17-16(18,19)11-2-1-6-22-14(11)24-15(25)23-13(20)12-8-10(5-7-21-12)9-3-4-9/h1-2,5-9H,3-4H2,(H3,20,22,23,24,25). The molecule has 25 heavy (non-hydrogen) atoms. The number of hydrogen-bond donors (Lipinski definition) is 2. The maximum absolute atomic E-state index is 13.0. The number of hydrogen-bond acceptors (Lipinski definition) is 3. The number of amidine groups is 1. The molecule has 0 aliphatic heterocycles. The number of halogens is 3. The van der Waals surface area contributed by atoms with Gasteiger partial charge in [0.1, 0.15) is 11.5 Å². The molecule has 1 saturated carbocycles. The van der Waals surface area contributed by atoms with Crippen molar-refractivity contribution in [1.82, 2.24) is 9.97 Å². The Labute approximate surface area is 147 Å². The van der Waals surface area contributed by atoms with E-state index < -0.39 is 17.6 Å². The molecule has 1 aliphatic rings. The van der Waals surface area contributed by atoms with E-state index in [-0.39, 0.29) is 10.9 Å². The zero-order valence-corrected chi connectivity index (χ0v) is 13.7. The first-order valence-corrected chi connectivity index (χ1v) is 7.89. The van der Waals surface area contributed by atoms with Crippen molar-refractivity contribution in [2.45, 2.75) is 24.9 Å². The fourth-order valence-corrected chi connectivity index (χ4v) is 2.48. The molecule has 1 fully saturated rings. The smallest absolute Gasteiger partial charge is 0.382 e. The van der Waals surface area contributed by atoms with Crippen molar-refractivity contribution in [1.29, 1.82) is 0 Å². The molecular formula is C16H14F3N5S. The average Bonchev–Trinajstić information content (AvgIpc) is 3.39. The molecule has 3 N–H and O–H groups in total. The highest BCUT2D eigenvalue weighted by atomic mass is 32.1. The summed E-state index contributed by atoms with van der Waals surface area (Å²) in [7, 11) is 0. The predicted molar refractivity (Wildman–Crippen MR) is 92.4 cm³/mol. The Bertz CT molecular complexity index is 831. The molecule has 9 heteroatoms. The molecule has 0 bridgehead atoms. The fraction of sp³-hybridized carbons (Fsp3) is 0.250. The number of anilines is 1. The van der Waals surface area contributed by atoms with Crippen molar-refractivity contribution in [3.8, 4) is 0 Å². The molecule has 0 saturated heterocycles. The topological polar surface area (TPSA) is 76.2 Å². The number of rotatable bonds is 3. The third-order valence-corrected chi connectivity index (χ3v) is 3.85. The second kappa shape index (κ2) is 6.75. The highest BCUT2D eigenvalue weighted by Crippen LogP contribution is 2.39. The van der Waals surface area contributed by atoms with Gasteiger partial charge in [0.05, 0.1) is 5.56 Å². The van der Waals surface area contributed by atoms with Crippen LogP contribution >= 0.6 is 12.2 Å². The van der Waals surface area contributed by atoms with E-state index in [1.165, 1.54) is 12.3 Å². The first kappa shape index (κ1) is 17.3. The van der Waals surface area contributed by atoms with Gasteiger partial charge in [0.2, 0.25) is 0 Å². The fourth-order valence-electron chi connectivity index (χ4n) is 2.29. The molecule has 1 aliphatic carbocycles. The van der Waals surface area contributed by atoms with E-state index in [0.717, 1.165) is 24.5 Å². The van der Waals surface area contributed by atoms with E-state index in [9.17, 15) is 13.2 Å². The molecule has 3 rings (SSSR count). The Morgan fingerprint density at radius 2 is 2.00 bits per heavy atom. The second-order valence-corrected chi connectivity index (χ2v) is 5.96. The number of aromatic nitrogens is 2. The lowest BCUT2D eigenvalue weighted by molar-refractivity contribution is -0.137. The Hall–Kier alpha value is -2.55. The van der Waals surface area contributed by atoms with E-state index in [1.807, 2.05) is 12.1 Å². The summed E-state index contributed by atoms with van der Waals surface area (Å²) in [6, 6.07) is 5.84. The van der Waals surface area contributed by atoms with Gasteiger partial charge in [-0.15, -0.1) is 0 Å². The van der Waals surface area contributed by atoms with Crippen LogP contribution in [-0.2, 0) is 6.18 Å². The Kier molecular flexibility index (Phi) is 4.67. The maximum atomic E-state index is 13.0. The van der Waals surface area contributed by atoms with Crippen LogP contribution in [0, 0.1) is 0 Å². The van der Waals surface area contributed by atoms with E-state index in [4.69, 9.17) is 18.0 Å². The summed E-state index contributed by atoms with van der Waals surface area (Å²) < 4.78 is 38.9. The quantitative estimate of drug-likeness (QED) is 0.495. The van der Waals surface area contributed by atoms with Crippen LogP contribution in [0.4, 0.5) is 19.0 Å². The summed E-state index contributed by atoms with van der Waals surface area (Å²) in [5.74, 6) is 0.128. The van der Waals surface area contributed by atoms with Gasteiger partial charge in [0.15, 0.2) is 10.9 Å².